The Labute approximate surface area is 128 Å². The van der Waals surface area contributed by atoms with E-state index in [1.165, 1.54) is 18.2 Å². The fourth-order valence-electron chi connectivity index (χ4n) is 1.88. The average Bonchev–Trinajstić information content (AvgIpc) is 2.53. The highest BCUT2D eigenvalue weighted by molar-refractivity contribution is 5.95. The fraction of sp³-hybridized carbons (Fsp3) is 0.0714. The van der Waals surface area contributed by atoms with Crippen LogP contribution in [0.4, 0.5) is 15.8 Å². The minimum atomic E-state index is -0.939. The molecule has 1 amide bonds. The number of carbonyl (C=O) groups is 1. The highest BCUT2D eigenvalue weighted by Crippen LogP contribution is 2.27. The molecule has 0 heterocycles. The fourth-order valence-corrected chi connectivity index (χ4v) is 1.88. The SMILES string of the molecule is O=C(NCc1ccccc1F)c1ccc([N+](=O)[O-])c([N+](=O)[O-])c1. The maximum atomic E-state index is 13.4. The van der Waals surface area contributed by atoms with Crippen molar-refractivity contribution in [1.82, 2.24) is 5.32 Å². The van der Waals surface area contributed by atoms with Crippen LogP contribution in [0.3, 0.4) is 0 Å². The molecule has 0 fully saturated rings. The van der Waals surface area contributed by atoms with E-state index in [-0.39, 0.29) is 17.7 Å². The number of halogens is 1. The van der Waals surface area contributed by atoms with E-state index in [1.54, 1.807) is 6.07 Å². The van der Waals surface area contributed by atoms with Gasteiger partial charge < -0.3 is 5.32 Å². The first-order chi connectivity index (χ1) is 10.9. The largest absolute Gasteiger partial charge is 0.348 e. The number of nitro groups is 2. The van der Waals surface area contributed by atoms with Crippen molar-refractivity contribution in [3.8, 4) is 0 Å². The summed E-state index contributed by atoms with van der Waals surface area (Å²) >= 11 is 0. The van der Waals surface area contributed by atoms with Crippen molar-refractivity contribution in [1.29, 1.82) is 0 Å². The number of nitrogens with one attached hydrogen (secondary N) is 1. The molecule has 0 atom stereocenters. The Kier molecular flexibility index (Phi) is 4.60. The molecule has 118 valence electrons. The molecule has 2 rings (SSSR count). The number of hydrogen-bond acceptors (Lipinski definition) is 5. The molecule has 8 nitrogen and oxygen atoms in total. The zero-order valence-electron chi connectivity index (χ0n) is 11.6. The number of amides is 1. The van der Waals surface area contributed by atoms with Gasteiger partial charge >= 0.3 is 11.4 Å². The van der Waals surface area contributed by atoms with Gasteiger partial charge in [0, 0.05) is 29.8 Å². The lowest BCUT2D eigenvalue weighted by Crippen LogP contribution is -2.23. The second kappa shape index (κ2) is 6.60. The van der Waals surface area contributed by atoms with Gasteiger partial charge in [0.05, 0.1) is 9.85 Å². The van der Waals surface area contributed by atoms with Crippen LogP contribution in [0.15, 0.2) is 42.5 Å². The quantitative estimate of drug-likeness (QED) is 0.671. The van der Waals surface area contributed by atoms with Crippen LogP contribution in [0.5, 0.6) is 0 Å². The van der Waals surface area contributed by atoms with Gasteiger partial charge in [0.15, 0.2) is 0 Å². The molecule has 0 bridgehead atoms. The van der Waals surface area contributed by atoms with Crippen LogP contribution in [0.25, 0.3) is 0 Å². The van der Waals surface area contributed by atoms with Crippen LogP contribution < -0.4 is 5.32 Å². The van der Waals surface area contributed by atoms with Gasteiger partial charge in [-0.2, -0.15) is 0 Å². The lowest BCUT2D eigenvalue weighted by Gasteiger charge is -2.06. The average molecular weight is 319 g/mol. The van der Waals surface area contributed by atoms with Crippen LogP contribution in [-0.4, -0.2) is 15.8 Å². The monoisotopic (exact) mass is 319 g/mol. The molecule has 0 aliphatic heterocycles. The minimum absolute atomic E-state index is 0.115. The van der Waals surface area contributed by atoms with Gasteiger partial charge in [-0.1, -0.05) is 18.2 Å². The maximum absolute atomic E-state index is 13.4. The van der Waals surface area contributed by atoms with E-state index in [1.807, 2.05) is 0 Å². The molecule has 23 heavy (non-hydrogen) atoms. The first-order valence-electron chi connectivity index (χ1n) is 6.34. The standard InChI is InChI=1S/C14H10FN3O5/c15-11-4-2-1-3-10(11)8-16-14(19)9-5-6-12(17(20)21)13(7-9)18(22)23/h1-7H,8H2,(H,16,19). The van der Waals surface area contributed by atoms with Crippen molar-refractivity contribution < 1.29 is 19.0 Å². The summed E-state index contributed by atoms with van der Waals surface area (Å²) in [4.78, 5) is 31.7. The molecule has 1 N–H and O–H groups in total. The molecule has 0 saturated carbocycles. The lowest BCUT2D eigenvalue weighted by molar-refractivity contribution is -0.422. The summed E-state index contributed by atoms with van der Waals surface area (Å²) in [5, 5.41) is 24.0. The summed E-state index contributed by atoms with van der Waals surface area (Å²) in [7, 11) is 0. The van der Waals surface area contributed by atoms with E-state index in [9.17, 15) is 29.4 Å². The Morgan fingerprint density at radius 2 is 1.70 bits per heavy atom. The Morgan fingerprint density at radius 3 is 2.30 bits per heavy atom. The van der Waals surface area contributed by atoms with E-state index < -0.39 is 32.9 Å². The van der Waals surface area contributed by atoms with Crippen LogP contribution in [0.1, 0.15) is 15.9 Å². The van der Waals surface area contributed by atoms with Crippen molar-refractivity contribution in [3.63, 3.8) is 0 Å². The van der Waals surface area contributed by atoms with Gasteiger partial charge in [0.1, 0.15) is 5.82 Å². The van der Waals surface area contributed by atoms with E-state index in [4.69, 9.17) is 0 Å². The Hall–Kier alpha value is -3.36. The second-order valence-electron chi connectivity index (χ2n) is 4.49. The summed E-state index contributed by atoms with van der Waals surface area (Å²) in [5.41, 5.74) is -1.37. The van der Waals surface area contributed by atoms with Gasteiger partial charge in [-0.15, -0.1) is 0 Å². The summed E-state index contributed by atoms with van der Waals surface area (Å²) < 4.78 is 13.4. The van der Waals surface area contributed by atoms with E-state index in [0.29, 0.717) is 0 Å². The molecule has 0 unspecified atom stereocenters. The molecule has 2 aromatic rings. The normalized spacial score (nSPS) is 10.1. The van der Waals surface area contributed by atoms with Crippen LogP contribution >= 0.6 is 0 Å². The molecule has 0 saturated heterocycles. The van der Waals surface area contributed by atoms with Crippen LogP contribution in [0.2, 0.25) is 0 Å². The molecule has 9 heteroatoms. The van der Waals surface area contributed by atoms with Gasteiger partial charge in [-0.05, 0) is 12.1 Å². The minimum Gasteiger partial charge on any atom is -0.348 e. The zero-order valence-corrected chi connectivity index (χ0v) is 11.6. The third-order valence-electron chi connectivity index (χ3n) is 3.03. The van der Waals surface area contributed by atoms with E-state index >= 15 is 0 Å². The Morgan fingerprint density at radius 1 is 1.04 bits per heavy atom. The van der Waals surface area contributed by atoms with Gasteiger partial charge in [0.2, 0.25) is 0 Å². The summed E-state index contributed by atoms with van der Waals surface area (Å²) in [5.74, 6) is -1.20. The molecule has 0 radical (unpaired) electrons. The molecule has 2 aromatic carbocycles. The van der Waals surface area contributed by atoms with Crippen LogP contribution in [-0.2, 0) is 6.54 Å². The number of carbonyl (C=O) groups excluding carboxylic acids is 1. The molecular weight excluding hydrogens is 309 g/mol. The molecule has 0 spiro atoms. The number of nitrogens with zero attached hydrogens (tertiary/aromatic N) is 2. The van der Waals surface area contributed by atoms with Gasteiger partial charge in [-0.3, -0.25) is 25.0 Å². The third kappa shape index (κ3) is 3.64. The number of hydrogen-bond donors (Lipinski definition) is 1. The Balaban J connectivity index is 2.20. The summed E-state index contributed by atoms with van der Waals surface area (Å²) in [6.07, 6.45) is 0. The number of benzene rings is 2. The second-order valence-corrected chi connectivity index (χ2v) is 4.49. The van der Waals surface area contributed by atoms with Crippen molar-refractivity contribution in [2.75, 3.05) is 0 Å². The summed E-state index contributed by atoms with van der Waals surface area (Å²) in [6.45, 7) is -0.115. The van der Waals surface area contributed by atoms with Gasteiger partial charge in [0.25, 0.3) is 5.91 Å². The van der Waals surface area contributed by atoms with E-state index in [2.05, 4.69) is 5.32 Å². The lowest BCUT2D eigenvalue weighted by atomic mass is 10.1. The van der Waals surface area contributed by atoms with Crippen molar-refractivity contribution in [2.45, 2.75) is 6.54 Å². The van der Waals surface area contributed by atoms with E-state index in [0.717, 1.165) is 18.2 Å². The highest BCUT2D eigenvalue weighted by Gasteiger charge is 2.25. The smallest absolute Gasteiger partial charge is 0.346 e. The maximum Gasteiger partial charge on any atom is 0.346 e. The van der Waals surface area contributed by atoms with Crippen molar-refractivity contribution in [3.05, 3.63) is 79.6 Å². The van der Waals surface area contributed by atoms with Crippen LogP contribution in [0, 0.1) is 26.0 Å². The topological polar surface area (TPSA) is 115 Å². The first kappa shape index (κ1) is 16.0. The third-order valence-corrected chi connectivity index (χ3v) is 3.03. The Bertz CT molecular complexity index is 794. The summed E-state index contributed by atoms with van der Waals surface area (Å²) in [6, 6.07) is 8.61. The number of rotatable bonds is 5. The molecule has 0 aliphatic rings. The predicted octanol–water partition coefficient (Wildman–Crippen LogP) is 2.57. The molecular formula is C14H10FN3O5. The predicted molar refractivity (Wildman–Crippen MR) is 77.3 cm³/mol. The first-order valence-corrected chi connectivity index (χ1v) is 6.34. The van der Waals surface area contributed by atoms with Crippen molar-refractivity contribution in [2.24, 2.45) is 0 Å². The zero-order chi connectivity index (χ0) is 17.0. The molecule has 0 aromatic heterocycles. The number of nitro benzene ring substituents is 2. The van der Waals surface area contributed by atoms with Crippen molar-refractivity contribution >= 4 is 17.3 Å². The molecule has 0 aliphatic carbocycles. The highest BCUT2D eigenvalue weighted by atomic mass is 19.1. The van der Waals surface area contributed by atoms with Gasteiger partial charge in [-0.25, -0.2) is 4.39 Å².